The van der Waals surface area contributed by atoms with Gasteiger partial charge in [0.2, 0.25) is 11.9 Å². The molecule has 1 aliphatic rings. The van der Waals surface area contributed by atoms with Crippen molar-refractivity contribution >= 4 is 34.4 Å². The zero-order valence-corrected chi connectivity index (χ0v) is 19.6. The number of nitrogen functional groups attached to an aromatic ring is 2. The molecule has 0 saturated heterocycles. The van der Waals surface area contributed by atoms with Crippen molar-refractivity contribution in [1.82, 2.24) is 19.5 Å². The van der Waals surface area contributed by atoms with E-state index in [4.69, 9.17) is 17.2 Å². The molecule has 0 aliphatic heterocycles. The predicted molar refractivity (Wildman–Crippen MR) is 135 cm³/mol. The van der Waals surface area contributed by atoms with Gasteiger partial charge < -0.3 is 22.5 Å². The van der Waals surface area contributed by atoms with Crippen LogP contribution in [-0.4, -0.2) is 25.4 Å². The van der Waals surface area contributed by atoms with Crippen LogP contribution in [0.3, 0.4) is 0 Å². The topological polar surface area (TPSA) is 215 Å². The Morgan fingerprint density at radius 3 is 2.55 bits per heavy atom. The Labute approximate surface area is 214 Å². The lowest BCUT2D eigenvalue weighted by Crippen LogP contribution is -2.30. The molecule has 188 valence electrons. The van der Waals surface area contributed by atoms with E-state index >= 15 is 0 Å². The Bertz CT molecular complexity index is 1780. The first-order valence-electron chi connectivity index (χ1n) is 11.4. The number of carbonyl (C=O) groups is 1. The van der Waals surface area contributed by atoms with Gasteiger partial charge >= 0.3 is 0 Å². The first kappa shape index (κ1) is 24.1. The Balaban J connectivity index is 1.82. The monoisotopic (exact) mass is 510 g/mol. The number of nitrogens with two attached hydrogens (primary N) is 3. The minimum atomic E-state index is -0.777. The van der Waals surface area contributed by atoms with Crippen LogP contribution in [0.25, 0.3) is 16.6 Å². The summed E-state index contributed by atoms with van der Waals surface area (Å²) in [5.74, 6) is -1.65. The summed E-state index contributed by atoms with van der Waals surface area (Å²) in [6, 6.07) is 11.1. The van der Waals surface area contributed by atoms with Crippen LogP contribution in [-0.2, 0) is 0 Å². The lowest BCUT2D eigenvalue weighted by molar-refractivity contribution is 0.1000. The SMILES string of the molecule is N#Cc1c(N)nc(N)nc1NC(c1nc2c(C#N)cc(F)cc2c(=O)n1-c1cccc(C(N)=O)c1)C1CC1. The summed E-state index contributed by atoms with van der Waals surface area (Å²) in [6.45, 7) is 0. The molecule has 12 nitrogen and oxygen atoms in total. The Morgan fingerprint density at radius 2 is 1.89 bits per heavy atom. The number of amides is 1. The van der Waals surface area contributed by atoms with Gasteiger partial charge in [0.1, 0.15) is 35.2 Å². The smallest absolute Gasteiger partial charge is 0.266 e. The van der Waals surface area contributed by atoms with Gasteiger partial charge in [0, 0.05) is 5.56 Å². The molecule has 13 heteroatoms. The first-order valence-corrected chi connectivity index (χ1v) is 11.4. The molecule has 0 bridgehead atoms. The number of fused-ring (bicyclic) bond motifs is 1. The van der Waals surface area contributed by atoms with Crippen molar-refractivity contribution in [2.75, 3.05) is 16.8 Å². The van der Waals surface area contributed by atoms with E-state index in [1.54, 1.807) is 12.1 Å². The third kappa shape index (κ3) is 4.18. The van der Waals surface area contributed by atoms with Gasteiger partial charge in [-0.05, 0) is 49.1 Å². The molecule has 1 aliphatic carbocycles. The largest absolute Gasteiger partial charge is 0.382 e. The van der Waals surface area contributed by atoms with E-state index in [1.165, 1.54) is 16.7 Å². The summed E-state index contributed by atoms with van der Waals surface area (Å²) < 4.78 is 15.6. The fourth-order valence-electron chi connectivity index (χ4n) is 4.29. The van der Waals surface area contributed by atoms with Crippen molar-refractivity contribution in [1.29, 1.82) is 10.5 Å². The van der Waals surface area contributed by atoms with E-state index in [9.17, 15) is 24.5 Å². The number of hydrogen-bond donors (Lipinski definition) is 4. The van der Waals surface area contributed by atoms with Crippen LogP contribution in [0.1, 0.15) is 46.2 Å². The Kier molecular flexibility index (Phi) is 5.81. The zero-order chi connectivity index (χ0) is 27.1. The fraction of sp³-hybridized carbons (Fsp3) is 0.160. The number of anilines is 3. The number of halogens is 1. The second kappa shape index (κ2) is 9.15. The summed E-state index contributed by atoms with van der Waals surface area (Å²) in [4.78, 5) is 38.3. The van der Waals surface area contributed by atoms with Gasteiger partial charge in [-0.1, -0.05) is 6.07 Å². The third-order valence-electron chi connectivity index (χ3n) is 6.20. The van der Waals surface area contributed by atoms with Crippen LogP contribution in [0.4, 0.5) is 22.0 Å². The summed E-state index contributed by atoms with van der Waals surface area (Å²) in [5.41, 5.74) is 16.6. The Hall–Kier alpha value is -5.56. The molecule has 1 unspecified atom stereocenters. The quantitative estimate of drug-likeness (QED) is 0.295. The predicted octanol–water partition coefficient (Wildman–Crippen LogP) is 1.88. The van der Waals surface area contributed by atoms with Crippen molar-refractivity contribution in [2.24, 2.45) is 11.7 Å². The van der Waals surface area contributed by atoms with Crippen LogP contribution in [0.15, 0.2) is 41.2 Å². The average Bonchev–Trinajstić information content (AvgIpc) is 3.72. The highest BCUT2D eigenvalue weighted by atomic mass is 19.1. The van der Waals surface area contributed by atoms with Crippen LogP contribution >= 0.6 is 0 Å². The van der Waals surface area contributed by atoms with Crippen molar-refractivity contribution in [3.8, 4) is 17.8 Å². The van der Waals surface area contributed by atoms with Gasteiger partial charge in [0.05, 0.1) is 28.2 Å². The van der Waals surface area contributed by atoms with E-state index < -0.39 is 23.3 Å². The number of benzene rings is 2. The molecule has 7 N–H and O–H groups in total. The van der Waals surface area contributed by atoms with Gasteiger partial charge in [-0.2, -0.15) is 20.5 Å². The van der Waals surface area contributed by atoms with E-state index in [2.05, 4.69) is 20.3 Å². The third-order valence-corrected chi connectivity index (χ3v) is 6.20. The van der Waals surface area contributed by atoms with E-state index in [0.29, 0.717) is 0 Å². The van der Waals surface area contributed by atoms with E-state index in [-0.39, 0.29) is 62.6 Å². The highest BCUT2D eigenvalue weighted by Crippen LogP contribution is 2.43. The number of carbonyl (C=O) groups excluding carboxylic acids is 1. The molecule has 0 spiro atoms. The highest BCUT2D eigenvalue weighted by molar-refractivity contribution is 5.93. The van der Waals surface area contributed by atoms with Crippen LogP contribution in [0.2, 0.25) is 0 Å². The van der Waals surface area contributed by atoms with Gasteiger partial charge in [-0.3, -0.25) is 14.2 Å². The summed E-state index contributed by atoms with van der Waals surface area (Å²) >= 11 is 0. The molecule has 2 aromatic heterocycles. The highest BCUT2D eigenvalue weighted by Gasteiger charge is 2.37. The van der Waals surface area contributed by atoms with Crippen molar-refractivity contribution in [2.45, 2.75) is 18.9 Å². The molecule has 2 aromatic carbocycles. The fourth-order valence-corrected chi connectivity index (χ4v) is 4.29. The van der Waals surface area contributed by atoms with Crippen molar-refractivity contribution < 1.29 is 9.18 Å². The summed E-state index contributed by atoms with van der Waals surface area (Å²) in [7, 11) is 0. The second-order valence-corrected chi connectivity index (χ2v) is 8.75. The molecule has 4 aromatic rings. The van der Waals surface area contributed by atoms with Gasteiger partial charge in [0.15, 0.2) is 5.82 Å². The minimum Gasteiger partial charge on any atom is -0.382 e. The van der Waals surface area contributed by atoms with E-state index in [0.717, 1.165) is 25.0 Å². The molecule has 1 atom stereocenters. The number of primary amides is 1. The van der Waals surface area contributed by atoms with Crippen molar-refractivity contribution in [3.05, 3.63) is 75.1 Å². The minimum absolute atomic E-state index is 0.00544. The molecule has 1 amide bonds. The maximum Gasteiger partial charge on any atom is 0.266 e. The molecule has 0 radical (unpaired) electrons. The standard InChI is InChI=1S/C25H19FN10O2/c26-14-6-13(9-27)18-16(8-14)24(38)36(15-3-1-2-12(7-15)21(30)37)23(33-18)19(11-4-5-11)32-22-17(10-28)20(29)34-25(31)35-22/h1-3,6-8,11,19H,4-5H2,(H2,30,37)(H5,29,31,32,34,35). The number of nitrogens with one attached hydrogen (secondary N) is 1. The van der Waals surface area contributed by atoms with Crippen molar-refractivity contribution in [3.63, 3.8) is 0 Å². The number of hydrogen-bond acceptors (Lipinski definition) is 10. The van der Waals surface area contributed by atoms with Gasteiger partial charge in [0.25, 0.3) is 5.56 Å². The maximum atomic E-state index is 14.3. The first-order chi connectivity index (χ1) is 18.2. The summed E-state index contributed by atoms with van der Waals surface area (Å²) in [5, 5.41) is 22.3. The maximum absolute atomic E-state index is 14.3. The second-order valence-electron chi connectivity index (χ2n) is 8.75. The van der Waals surface area contributed by atoms with Crippen LogP contribution in [0, 0.1) is 34.4 Å². The van der Waals surface area contributed by atoms with Gasteiger partial charge in [-0.15, -0.1) is 0 Å². The van der Waals surface area contributed by atoms with Gasteiger partial charge in [-0.25, -0.2) is 9.37 Å². The van der Waals surface area contributed by atoms with Crippen LogP contribution < -0.4 is 28.1 Å². The number of nitrogens with zero attached hydrogens (tertiary/aromatic N) is 6. The molecular weight excluding hydrogens is 491 g/mol. The number of rotatable bonds is 6. The number of aromatic nitrogens is 4. The van der Waals surface area contributed by atoms with Crippen LogP contribution in [0.5, 0.6) is 0 Å². The molecule has 1 saturated carbocycles. The molecular formula is C25H19FN10O2. The van der Waals surface area contributed by atoms with E-state index in [1.807, 2.05) is 12.1 Å². The number of nitriles is 2. The summed E-state index contributed by atoms with van der Waals surface area (Å²) in [6.07, 6.45) is 1.50. The molecule has 2 heterocycles. The molecule has 1 fully saturated rings. The lowest BCUT2D eigenvalue weighted by atomic mass is 10.1. The Morgan fingerprint density at radius 1 is 1.13 bits per heavy atom. The normalized spacial score (nSPS) is 13.4. The average molecular weight is 510 g/mol. The zero-order valence-electron chi connectivity index (χ0n) is 19.6. The molecule has 38 heavy (non-hydrogen) atoms. The lowest BCUT2D eigenvalue weighted by Gasteiger charge is -2.24. The molecule has 5 rings (SSSR count).